The average Bonchev–Trinajstić information content (AvgIpc) is 2.84. The summed E-state index contributed by atoms with van der Waals surface area (Å²) in [5.41, 5.74) is 5.29. The SMILES string of the molecule is Cc1c(-c2ccccc2)nc2ccccc2c1C(=O)N1CCN(c2ccc(F)cc2)CC1. The molecule has 0 N–H and O–H groups in total. The molecular formula is C27H24FN3O. The number of carbonyl (C=O) groups is 1. The highest BCUT2D eigenvalue weighted by molar-refractivity contribution is 6.09. The first-order chi connectivity index (χ1) is 15.6. The molecule has 4 nitrogen and oxygen atoms in total. The number of rotatable bonds is 3. The molecular weight excluding hydrogens is 401 g/mol. The molecule has 5 heteroatoms. The fourth-order valence-corrected chi connectivity index (χ4v) is 4.44. The number of anilines is 1. The van der Waals surface area contributed by atoms with Crippen LogP contribution in [0.3, 0.4) is 0 Å². The zero-order valence-corrected chi connectivity index (χ0v) is 18.0. The molecule has 1 aliphatic rings. The third-order valence-electron chi connectivity index (χ3n) is 6.16. The van der Waals surface area contributed by atoms with Gasteiger partial charge in [0.1, 0.15) is 5.82 Å². The van der Waals surface area contributed by atoms with Gasteiger partial charge < -0.3 is 9.80 Å². The van der Waals surface area contributed by atoms with Crippen LogP contribution >= 0.6 is 0 Å². The summed E-state index contributed by atoms with van der Waals surface area (Å²) in [7, 11) is 0. The quantitative estimate of drug-likeness (QED) is 0.446. The number of aromatic nitrogens is 1. The molecule has 1 aromatic heterocycles. The number of carbonyl (C=O) groups excluding carboxylic acids is 1. The Morgan fingerprint density at radius 2 is 1.50 bits per heavy atom. The molecule has 2 heterocycles. The zero-order chi connectivity index (χ0) is 22.1. The fourth-order valence-electron chi connectivity index (χ4n) is 4.44. The maximum atomic E-state index is 13.7. The van der Waals surface area contributed by atoms with Crippen molar-refractivity contribution in [2.75, 3.05) is 31.1 Å². The standard InChI is InChI=1S/C27H24FN3O/c1-19-25(23-9-5-6-10-24(23)29-26(19)20-7-3-2-4-8-20)27(32)31-17-15-30(16-18-31)22-13-11-21(28)12-14-22/h2-14H,15-18H2,1H3. The molecule has 0 radical (unpaired) electrons. The van der Waals surface area contributed by atoms with Gasteiger partial charge in [0.25, 0.3) is 5.91 Å². The summed E-state index contributed by atoms with van der Waals surface area (Å²) in [6.45, 7) is 4.65. The molecule has 0 atom stereocenters. The molecule has 0 saturated carbocycles. The van der Waals surface area contributed by atoms with Crippen LogP contribution in [0, 0.1) is 12.7 Å². The molecule has 1 saturated heterocycles. The summed E-state index contributed by atoms with van der Waals surface area (Å²) < 4.78 is 13.3. The van der Waals surface area contributed by atoms with E-state index >= 15 is 0 Å². The van der Waals surface area contributed by atoms with Crippen LogP contribution < -0.4 is 4.90 Å². The normalized spacial score (nSPS) is 14.1. The number of pyridine rings is 1. The van der Waals surface area contributed by atoms with Crippen LogP contribution in [-0.4, -0.2) is 42.0 Å². The molecule has 0 unspecified atom stereocenters. The second kappa shape index (κ2) is 8.42. The van der Waals surface area contributed by atoms with Crippen LogP contribution in [0.15, 0.2) is 78.9 Å². The van der Waals surface area contributed by atoms with Gasteiger partial charge in [0.15, 0.2) is 0 Å². The van der Waals surface area contributed by atoms with Gasteiger partial charge >= 0.3 is 0 Å². The van der Waals surface area contributed by atoms with Crippen molar-refractivity contribution in [2.24, 2.45) is 0 Å². The first-order valence-electron chi connectivity index (χ1n) is 10.9. The number of piperazine rings is 1. The highest BCUT2D eigenvalue weighted by Crippen LogP contribution is 2.31. The number of para-hydroxylation sites is 1. The Morgan fingerprint density at radius 3 is 2.22 bits per heavy atom. The van der Waals surface area contributed by atoms with E-state index in [1.165, 1.54) is 12.1 Å². The van der Waals surface area contributed by atoms with Gasteiger partial charge in [-0.25, -0.2) is 9.37 Å². The fraction of sp³-hybridized carbons (Fsp3) is 0.185. The maximum Gasteiger partial charge on any atom is 0.255 e. The zero-order valence-electron chi connectivity index (χ0n) is 18.0. The Hall–Kier alpha value is -3.73. The van der Waals surface area contributed by atoms with E-state index < -0.39 is 0 Å². The van der Waals surface area contributed by atoms with Gasteiger partial charge in [0.2, 0.25) is 0 Å². The maximum absolute atomic E-state index is 13.7. The van der Waals surface area contributed by atoms with Crippen LogP contribution in [0.1, 0.15) is 15.9 Å². The number of fused-ring (bicyclic) bond motifs is 1. The van der Waals surface area contributed by atoms with Gasteiger partial charge in [-0.15, -0.1) is 0 Å². The van der Waals surface area contributed by atoms with E-state index in [-0.39, 0.29) is 11.7 Å². The van der Waals surface area contributed by atoms with Crippen LogP contribution in [0.4, 0.5) is 10.1 Å². The smallest absolute Gasteiger partial charge is 0.255 e. The summed E-state index contributed by atoms with van der Waals surface area (Å²) in [6, 6.07) is 24.4. The largest absolute Gasteiger partial charge is 0.368 e. The van der Waals surface area contributed by atoms with Crippen molar-refractivity contribution in [3.63, 3.8) is 0 Å². The van der Waals surface area contributed by atoms with E-state index in [4.69, 9.17) is 4.98 Å². The van der Waals surface area contributed by atoms with E-state index in [0.717, 1.165) is 39.0 Å². The number of halogens is 1. The van der Waals surface area contributed by atoms with Crippen molar-refractivity contribution in [2.45, 2.75) is 6.92 Å². The monoisotopic (exact) mass is 425 g/mol. The molecule has 0 aliphatic carbocycles. The lowest BCUT2D eigenvalue weighted by atomic mass is 9.96. The number of hydrogen-bond donors (Lipinski definition) is 0. The number of nitrogens with zero attached hydrogens (tertiary/aromatic N) is 3. The Morgan fingerprint density at radius 1 is 0.844 bits per heavy atom. The van der Waals surface area contributed by atoms with Gasteiger partial charge in [0.05, 0.1) is 16.8 Å². The minimum absolute atomic E-state index is 0.0389. The second-order valence-corrected chi connectivity index (χ2v) is 8.10. The summed E-state index contributed by atoms with van der Waals surface area (Å²) in [6.07, 6.45) is 0. The molecule has 1 aliphatic heterocycles. The average molecular weight is 426 g/mol. The van der Waals surface area contributed by atoms with Crippen molar-refractivity contribution in [3.05, 3.63) is 95.8 Å². The second-order valence-electron chi connectivity index (χ2n) is 8.10. The molecule has 0 bridgehead atoms. The highest BCUT2D eigenvalue weighted by atomic mass is 19.1. The summed E-state index contributed by atoms with van der Waals surface area (Å²) in [4.78, 5) is 22.7. The van der Waals surface area contributed by atoms with E-state index in [0.29, 0.717) is 26.2 Å². The van der Waals surface area contributed by atoms with Crippen molar-refractivity contribution in [3.8, 4) is 11.3 Å². The molecule has 32 heavy (non-hydrogen) atoms. The number of benzene rings is 3. The van der Waals surface area contributed by atoms with Crippen molar-refractivity contribution in [1.29, 1.82) is 0 Å². The van der Waals surface area contributed by atoms with Crippen molar-refractivity contribution < 1.29 is 9.18 Å². The van der Waals surface area contributed by atoms with Crippen LogP contribution in [0.5, 0.6) is 0 Å². The third-order valence-corrected chi connectivity index (χ3v) is 6.16. The molecule has 0 spiro atoms. The predicted octanol–water partition coefficient (Wildman–Crippen LogP) is 5.31. The first kappa shape index (κ1) is 20.2. The van der Waals surface area contributed by atoms with Gasteiger partial charge in [-0.1, -0.05) is 48.5 Å². The lowest BCUT2D eigenvalue weighted by molar-refractivity contribution is 0.0748. The Balaban J connectivity index is 1.47. The molecule has 3 aromatic carbocycles. The van der Waals surface area contributed by atoms with E-state index in [2.05, 4.69) is 4.90 Å². The van der Waals surface area contributed by atoms with Gasteiger partial charge in [-0.3, -0.25) is 4.79 Å². The van der Waals surface area contributed by atoms with Crippen LogP contribution in [-0.2, 0) is 0 Å². The highest BCUT2D eigenvalue weighted by Gasteiger charge is 2.26. The van der Waals surface area contributed by atoms with E-state index in [1.54, 1.807) is 12.1 Å². The Kier molecular flexibility index (Phi) is 5.31. The van der Waals surface area contributed by atoms with Crippen LogP contribution in [0.2, 0.25) is 0 Å². The summed E-state index contributed by atoms with van der Waals surface area (Å²) >= 11 is 0. The molecule has 1 amide bonds. The van der Waals surface area contributed by atoms with E-state index in [9.17, 15) is 9.18 Å². The van der Waals surface area contributed by atoms with Crippen molar-refractivity contribution in [1.82, 2.24) is 9.88 Å². The number of amides is 1. The summed E-state index contributed by atoms with van der Waals surface area (Å²) in [5, 5.41) is 0.885. The minimum Gasteiger partial charge on any atom is -0.368 e. The lowest BCUT2D eigenvalue weighted by Gasteiger charge is -2.36. The van der Waals surface area contributed by atoms with Gasteiger partial charge in [-0.2, -0.15) is 0 Å². The topological polar surface area (TPSA) is 36.4 Å². The van der Waals surface area contributed by atoms with E-state index in [1.807, 2.05) is 66.4 Å². The first-order valence-corrected chi connectivity index (χ1v) is 10.9. The number of hydrogen-bond acceptors (Lipinski definition) is 3. The minimum atomic E-state index is -0.239. The molecule has 4 aromatic rings. The Labute approximate surface area is 186 Å². The molecule has 1 fully saturated rings. The summed E-state index contributed by atoms with van der Waals surface area (Å²) in [5.74, 6) is -0.200. The Bertz CT molecular complexity index is 1260. The van der Waals surface area contributed by atoms with Gasteiger partial charge in [-0.05, 0) is 42.8 Å². The predicted molar refractivity (Wildman–Crippen MR) is 126 cm³/mol. The van der Waals surface area contributed by atoms with Crippen LogP contribution in [0.25, 0.3) is 22.2 Å². The lowest BCUT2D eigenvalue weighted by Crippen LogP contribution is -2.49. The van der Waals surface area contributed by atoms with Gasteiger partial charge in [0, 0.05) is 42.8 Å². The molecule has 160 valence electrons. The third kappa shape index (κ3) is 3.71. The molecule has 5 rings (SSSR count). The van der Waals surface area contributed by atoms with Crippen molar-refractivity contribution >= 4 is 22.5 Å².